The molecule has 24 heavy (non-hydrogen) atoms. The van der Waals surface area contributed by atoms with E-state index in [1.165, 1.54) is 19.3 Å². The first-order valence-electron chi connectivity index (χ1n) is 7.38. The third-order valence-electron chi connectivity index (χ3n) is 3.71. The number of carbonyl (C=O) groups excluding carboxylic acids is 2. The number of ether oxygens (including phenoxy) is 1. The van der Waals surface area contributed by atoms with Crippen molar-refractivity contribution < 1.29 is 14.3 Å². The van der Waals surface area contributed by atoms with Gasteiger partial charge in [-0.1, -0.05) is 18.2 Å². The highest BCUT2D eigenvalue weighted by Gasteiger charge is 2.26. The van der Waals surface area contributed by atoms with Crippen molar-refractivity contribution in [3.8, 4) is 0 Å². The highest BCUT2D eigenvalue weighted by Crippen LogP contribution is 2.24. The molecule has 1 unspecified atom stereocenters. The topological polar surface area (TPSA) is 111 Å². The van der Waals surface area contributed by atoms with Crippen LogP contribution in [0, 0.1) is 6.92 Å². The van der Waals surface area contributed by atoms with Crippen LogP contribution in [0.15, 0.2) is 36.7 Å². The molecule has 7 heteroatoms. The number of nitrogens with one attached hydrogen (secondary N) is 1. The zero-order valence-electron chi connectivity index (χ0n) is 13.2. The second kappa shape index (κ2) is 6.11. The van der Waals surface area contributed by atoms with Crippen LogP contribution in [-0.2, 0) is 4.74 Å². The minimum absolute atomic E-state index is 0.0366. The van der Waals surface area contributed by atoms with Crippen LogP contribution in [-0.4, -0.2) is 32.8 Å². The summed E-state index contributed by atoms with van der Waals surface area (Å²) in [4.78, 5) is 35.6. The Morgan fingerprint density at radius 3 is 2.67 bits per heavy atom. The Bertz CT molecular complexity index is 932. The monoisotopic (exact) mass is 324 g/mol. The lowest BCUT2D eigenvalue weighted by Crippen LogP contribution is -2.26. The number of para-hydroxylation sites is 1. The Hall–Kier alpha value is -3.22. The Morgan fingerprint density at radius 1 is 1.21 bits per heavy atom. The van der Waals surface area contributed by atoms with Crippen molar-refractivity contribution in [3.63, 3.8) is 0 Å². The molecular weight excluding hydrogens is 308 g/mol. The van der Waals surface area contributed by atoms with Crippen LogP contribution in [0.4, 0.5) is 5.82 Å². The second-order valence-electron chi connectivity index (χ2n) is 5.37. The largest absolute Gasteiger partial charge is 0.449 e. The van der Waals surface area contributed by atoms with Gasteiger partial charge in [0.25, 0.3) is 0 Å². The molecule has 0 aliphatic rings. The number of hydrogen-bond acceptors (Lipinski definition) is 6. The van der Waals surface area contributed by atoms with Crippen LogP contribution in [0.3, 0.4) is 0 Å². The van der Waals surface area contributed by atoms with Crippen molar-refractivity contribution in [1.29, 1.82) is 0 Å². The molecule has 1 atom stereocenters. The molecule has 0 bridgehead atoms. The molecule has 7 nitrogen and oxygen atoms in total. The van der Waals surface area contributed by atoms with Crippen LogP contribution in [0.25, 0.3) is 10.9 Å². The number of anilines is 1. The van der Waals surface area contributed by atoms with Gasteiger partial charge in [-0.05, 0) is 19.9 Å². The number of hydrogen-bond donors (Lipinski definition) is 2. The van der Waals surface area contributed by atoms with E-state index in [2.05, 4.69) is 15.0 Å². The summed E-state index contributed by atoms with van der Waals surface area (Å²) in [5.74, 6) is -1.11. The van der Waals surface area contributed by atoms with Gasteiger partial charge in [-0.25, -0.2) is 14.8 Å². The number of aryl methyl sites for hydroxylation is 1. The van der Waals surface area contributed by atoms with Crippen molar-refractivity contribution in [2.45, 2.75) is 20.0 Å². The fourth-order valence-corrected chi connectivity index (χ4v) is 2.57. The van der Waals surface area contributed by atoms with Gasteiger partial charge in [-0.15, -0.1) is 0 Å². The van der Waals surface area contributed by atoms with Gasteiger partial charge < -0.3 is 15.5 Å². The standard InChI is InChI=1S/C17H16N4O3/c1-9-13(11-5-3-4-6-12(11)21-9)15(22)10(2)24-17(23)14-16(18)20-8-7-19-14/h3-8,10,21H,1-2H3,(H2,18,20). The molecule has 0 aliphatic carbocycles. The summed E-state index contributed by atoms with van der Waals surface area (Å²) in [5.41, 5.74) is 7.59. The molecule has 0 amide bonds. The molecule has 0 saturated heterocycles. The summed E-state index contributed by atoms with van der Waals surface area (Å²) in [6.45, 7) is 3.33. The van der Waals surface area contributed by atoms with E-state index >= 15 is 0 Å². The Labute approximate surface area is 137 Å². The number of fused-ring (bicyclic) bond motifs is 1. The summed E-state index contributed by atoms with van der Waals surface area (Å²) >= 11 is 0. The normalized spacial score (nSPS) is 12.1. The smallest absolute Gasteiger partial charge is 0.361 e. The Kier molecular flexibility index (Phi) is 3.99. The van der Waals surface area contributed by atoms with E-state index in [0.717, 1.165) is 16.6 Å². The first-order valence-corrected chi connectivity index (χ1v) is 7.38. The number of Topliss-reactive ketones (excluding diaryl/α,β-unsaturated/α-hetero) is 1. The summed E-state index contributed by atoms with van der Waals surface area (Å²) in [7, 11) is 0. The Morgan fingerprint density at radius 2 is 1.92 bits per heavy atom. The van der Waals surface area contributed by atoms with Crippen LogP contribution >= 0.6 is 0 Å². The van der Waals surface area contributed by atoms with E-state index < -0.39 is 12.1 Å². The predicted octanol–water partition coefficient (Wildman–Crippen LogP) is 2.28. The number of H-pyrrole nitrogens is 1. The van der Waals surface area contributed by atoms with Crippen molar-refractivity contribution >= 4 is 28.5 Å². The molecule has 0 spiro atoms. The van der Waals surface area contributed by atoms with Gasteiger partial charge in [0, 0.05) is 34.6 Å². The van der Waals surface area contributed by atoms with Gasteiger partial charge in [-0.3, -0.25) is 4.79 Å². The maximum atomic E-state index is 12.7. The van der Waals surface area contributed by atoms with Crippen molar-refractivity contribution in [2.24, 2.45) is 0 Å². The van der Waals surface area contributed by atoms with Gasteiger partial charge >= 0.3 is 5.97 Å². The molecule has 2 aromatic heterocycles. The van der Waals surface area contributed by atoms with E-state index in [1.54, 1.807) is 0 Å². The maximum absolute atomic E-state index is 12.7. The number of nitrogens with zero attached hydrogens (tertiary/aromatic N) is 2. The molecule has 0 saturated carbocycles. The lowest BCUT2D eigenvalue weighted by atomic mass is 10.0. The van der Waals surface area contributed by atoms with E-state index in [0.29, 0.717) is 5.56 Å². The molecule has 0 fully saturated rings. The molecule has 1 aromatic carbocycles. The van der Waals surface area contributed by atoms with E-state index in [-0.39, 0.29) is 17.3 Å². The minimum atomic E-state index is -0.975. The molecule has 0 radical (unpaired) electrons. The van der Waals surface area contributed by atoms with Gasteiger partial charge in [0.2, 0.25) is 5.78 Å². The van der Waals surface area contributed by atoms with Crippen LogP contribution in [0.2, 0.25) is 0 Å². The summed E-state index contributed by atoms with van der Waals surface area (Å²) in [6, 6.07) is 7.47. The molecular formula is C17H16N4O3. The SMILES string of the molecule is Cc1[nH]c2ccccc2c1C(=O)C(C)OC(=O)c1nccnc1N. The summed E-state index contributed by atoms with van der Waals surface area (Å²) in [6.07, 6.45) is 1.73. The molecule has 3 aromatic rings. The van der Waals surface area contributed by atoms with Crippen LogP contribution in [0.1, 0.15) is 33.5 Å². The first-order chi connectivity index (χ1) is 11.5. The zero-order valence-corrected chi connectivity index (χ0v) is 13.2. The third kappa shape index (κ3) is 2.71. The van der Waals surface area contributed by atoms with Gasteiger partial charge in [-0.2, -0.15) is 0 Å². The lowest BCUT2D eigenvalue weighted by molar-refractivity contribution is 0.0314. The quantitative estimate of drug-likeness (QED) is 0.562. The van der Waals surface area contributed by atoms with E-state index in [4.69, 9.17) is 10.5 Å². The van der Waals surface area contributed by atoms with E-state index in [9.17, 15) is 9.59 Å². The molecule has 2 heterocycles. The number of aromatic nitrogens is 3. The zero-order chi connectivity index (χ0) is 17.3. The number of aromatic amines is 1. The van der Waals surface area contributed by atoms with Crippen LogP contribution < -0.4 is 5.73 Å². The van der Waals surface area contributed by atoms with Crippen molar-refractivity contribution in [3.05, 3.63) is 53.6 Å². The molecule has 3 rings (SSSR count). The number of nitrogens with two attached hydrogens (primary N) is 1. The van der Waals surface area contributed by atoms with E-state index in [1.807, 2.05) is 31.2 Å². The fourth-order valence-electron chi connectivity index (χ4n) is 2.57. The number of nitrogen functional groups attached to an aromatic ring is 1. The van der Waals surface area contributed by atoms with Gasteiger partial charge in [0.15, 0.2) is 17.6 Å². The Balaban J connectivity index is 1.86. The number of carbonyl (C=O) groups is 2. The number of ketones is 1. The second-order valence-corrected chi connectivity index (χ2v) is 5.37. The highest BCUT2D eigenvalue weighted by atomic mass is 16.5. The van der Waals surface area contributed by atoms with Crippen molar-refractivity contribution in [2.75, 3.05) is 5.73 Å². The van der Waals surface area contributed by atoms with Gasteiger partial charge in [0.1, 0.15) is 0 Å². The maximum Gasteiger partial charge on any atom is 0.361 e. The summed E-state index contributed by atoms with van der Waals surface area (Å²) in [5, 5.41) is 0.793. The minimum Gasteiger partial charge on any atom is -0.449 e. The molecule has 0 aliphatic heterocycles. The predicted molar refractivity (Wildman–Crippen MR) is 88.7 cm³/mol. The molecule has 3 N–H and O–H groups in total. The number of benzene rings is 1. The average molecular weight is 324 g/mol. The summed E-state index contributed by atoms with van der Waals surface area (Å²) < 4.78 is 5.22. The third-order valence-corrected chi connectivity index (χ3v) is 3.71. The number of esters is 1. The lowest BCUT2D eigenvalue weighted by Gasteiger charge is -2.12. The average Bonchev–Trinajstić information content (AvgIpc) is 2.90. The molecule has 122 valence electrons. The van der Waals surface area contributed by atoms with Crippen LogP contribution in [0.5, 0.6) is 0 Å². The highest BCUT2D eigenvalue weighted by molar-refractivity contribution is 6.11. The van der Waals surface area contributed by atoms with Gasteiger partial charge in [0.05, 0.1) is 0 Å². The first kappa shape index (κ1) is 15.7. The number of rotatable bonds is 4. The van der Waals surface area contributed by atoms with Crippen molar-refractivity contribution in [1.82, 2.24) is 15.0 Å². The fraction of sp³-hybridized carbons (Fsp3) is 0.176.